The molecule has 61 valence electrons. The molecule has 0 bridgehead atoms. The molecule has 0 unspecified atom stereocenters. The van der Waals surface area contributed by atoms with Crippen LogP contribution in [0.1, 0.15) is 0 Å². The quantitative estimate of drug-likeness (QED) is 0.417. The van der Waals surface area contributed by atoms with Gasteiger partial charge in [0.15, 0.2) is 0 Å². The second kappa shape index (κ2) is 12.1. The summed E-state index contributed by atoms with van der Waals surface area (Å²) in [5.41, 5.74) is 0. The van der Waals surface area contributed by atoms with Crippen molar-refractivity contribution in [2.45, 2.75) is 0 Å². The first-order chi connectivity index (χ1) is 3.73. The topological polar surface area (TPSA) is 156 Å². The molecule has 7 nitrogen and oxygen atoms in total. The van der Waals surface area contributed by atoms with E-state index in [0.29, 0.717) is 0 Å². The third-order valence-corrected chi connectivity index (χ3v) is 0. The van der Waals surface area contributed by atoms with Gasteiger partial charge in [-0.25, -0.2) is 0 Å². The molecule has 0 saturated carbocycles. The fraction of sp³-hybridized carbons (Fsp3) is 0. The second-order valence-corrected chi connectivity index (χ2v) is 1.83. The van der Waals surface area contributed by atoms with Gasteiger partial charge in [0.2, 0.25) is 0 Å². The van der Waals surface area contributed by atoms with Crippen molar-refractivity contribution in [1.29, 1.82) is 0 Å². The third kappa shape index (κ3) is 281. The average Bonchev–Trinajstić information content (AvgIpc) is 1.19. The van der Waals surface area contributed by atoms with Crippen LogP contribution in [0.4, 0.5) is 0 Å². The van der Waals surface area contributed by atoms with Crippen molar-refractivity contribution in [1.82, 2.24) is 0 Å². The Kier molecular flexibility index (Phi) is 25.5. The molecule has 0 aromatic carbocycles. The Labute approximate surface area is 112 Å². The largest absolute Gasteiger partial charge is 3.00 e. The van der Waals surface area contributed by atoms with Gasteiger partial charge < -0.3 is 43.3 Å². The van der Waals surface area contributed by atoms with Crippen LogP contribution in [0.3, 0.4) is 0 Å². The van der Waals surface area contributed by atoms with Crippen molar-refractivity contribution in [3.8, 4) is 0 Å². The number of hydrogen-bond donors (Lipinski definition) is 2. The standard InChI is InChI=1S/BH2O3.Gd.Mg.O4Si/c2-1(3)4;;;1-5(2,3)4/h2-3H;;;/q-1;+3;+2;-4. The molecule has 0 aliphatic carbocycles. The Bertz CT molecular complexity index is 55.2. The van der Waals surface area contributed by atoms with Gasteiger partial charge in [0.25, 0.3) is 0 Å². The fourth-order valence-electron chi connectivity index (χ4n) is 0. The van der Waals surface area contributed by atoms with Crippen LogP contribution in [0.25, 0.3) is 0 Å². The molecule has 2 N–H and O–H groups in total. The second-order valence-electron chi connectivity index (χ2n) is 0.826. The first-order valence-corrected chi connectivity index (χ1v) is 3.20. The summed E-state index contributed by atoms with van der Waals surface area (Å²) < 4.78 is 0. The van der Waals surface area contributed by atoms with E-state index in [1.165, 1.54) is 0 Å². The van der Waals surface area contributed by atoms with E-state index in [1.54, 1.807) is 0 Å². The molecule has 0 saturated heterocycles. The number of rotatable bonds is 0. The monoisotopic (exact) mass is 335 g/mol. The van der Waals surface area contributed by atoms with E-state index in [4.69, 9.17) is 34.3 Å². The van der Waals surface area contributed by atoms with Crippen LogP contribution >= 0.6 is 0 Å². The molecule has 0 aliphatic heterocycles. The van der Waals surface area contributed by atoms with Crippen molar-refractivity contribution in [3.05, 3.63) is 0 Å². The van der Waals surface area contributed by atoms with E-state index in [2.05, 4.69) is 0 Å². The molecular formula is H2BGdMgO7Si. The summed E-state index contributed by atoms with van der Waals surface area (Å²) >= 11 is 0. The average molecular weight is 334 g/mol. The summed E-state index contributed by atoms with van der Waals surface area (Å²) in [6.45, 7) is 0. The summed E-state index contributed by atoms with van der Waals surface area (Å²) in [6, 6.07) is 0. The molecule has 1 radical (unpaired) electrons. The van der Waals surface area contributed by atoms with E-state index in [1.807, 2.05) is 0 Å². The van der Waals surface area contributed by atoms with Gasteiger partial charge in [-0.1, -0.05) is 0 Å². The Balaban J connectivity index is -0.0000000383. The predicted octanol–water partition coefficient (Wildman–Crippen LogP) is -8.20. The minimum Gasteiger partial charge on any atom is -0.894 e. The minimum absolute atomic E-state index is 0. The summed E-state index contributed by atoms with van der Waals surface area (Å²) in [5.74, 6) is 0. The fourth-order valence-corrected chi connectivity index (χ4v) is 0. The molecule has 0 atom stereocenters. The maximum Gasteiger partial charge on any atom is 3.00 e. The van der Waals surface area contributed by atoms with Crippen LogP contribution < -0.4 is 24.2 Å². The molecular weight excluding hydrogens is 332 g/mol. The van der Waals surface area contributed by atoms with Gasteiger partial charge in [-0.05, 0) is 0 Å². The molecule has 0 aromatic rings. The van der Waals surface area contributed by atoms with E-state index in [0.717, 1.165) is 0 Å². The van der Waals surface area contributed by atoms with Crippen molar-refractivity contribution in [3.63, 3.8) is 0 Å². The summed E-state index contributed by atoms with van der Waals surface area (Å²) in [4.78, 5) is 34.3. The molecule has 0 amide bonds. The van der Waals surface area contributed by atoms with Crippen molar-refractivity contribution in [2.24, 2.45) is 0 Å². The van der Waals surface area contributed by atoms with Crippen molar-refractivity contribution in [2.75, 3.05) is 0 Å². The summed E-state index contributed by atoms with van der Waals surface area (Å²) in [7, 11) is -8.03. The van der Waals surface area contributed by atoms with Gasteiger partial charge in [0.1, 0.15) is 0 Å². The maximum absolute atomic E-state index is 8.64. The van der Waals surface area contributed by atoms with Crippen LogP contribution in [0.5, 0.6) is 0 Å². The molecule has 11 heteroatoms. The minimum atomic E-state index is -5.61. The van der Waals surface area contributed by atoms with E-state index in [-0.39, 0.29) is 63.0 Å². The maximum atomic E-state index is 8.64. The molecule has 11 heavy (non-hydrogen) atoms. The van der Waals surface area contributed by atoms with Crippen LogP contribution in [0.2, 0.25) is 0 Å². The number of hydrogen-bond acceptors (Lipinski definition) is 7. The van der Waals surface area contributed by atoms with Crippen molar-refractivity contribution < 1.29 is 74.2 Å². The van der Waals surface area contributed by atoms with Crippen LogP contribution in [-0.4, -0.2) is 49.5 Å². The zero-order valence-electron chi connectivity index (χ0n) is 5.07. The van der Waals surface area contributed by atoms with Crippen LogP contribution in [0.15, 0.2) is 0 Å². The predicted molar refractivity (Wildman–Crippen MR) is 21.7 cm³/mol. The SMILES string of the molecule is [Gd+3].[Mg+2].[O-]B(O)O.[O-][Si]([O-])([O-])[O-]. The molecule has 0 heterocycles. The zero-order chi connectivity index (χ0) is 8.08. The van der Waals surface area contributed by atoms with Crippen molar-refractivity contribution >= 4 is 39.4 Å². The molecule has 0 aliphatic rings. The van der Waals surface area contributed by atoms with Gasteiger partial charge in [-0.15, -0.1) is 0 Å². The van der Waals surface area contributed by atoms with E-state index in [9.17, 15) is 0 Å². The Morgan fingerprint density at radius 2 is 1.00 bits per heavy atom. The van der Waals surface area contributed by atoms with Gasteiger partial charge >= 0.3 is 70.3 Å². The van der Waals surface area contributed by atoms with Crippen LogP contribution in [-0.2, 0) is 0 Å². The smallest absolute Gasteiger partial charge is 0.894 e. The third-order valence-electron chi connectivity index (χ3n) is 0. The Morgan fingerprint density at radius 3 is 1.00 bits per heavy atom. The van der Waals surface area contributed by atoms with Gasteiger partial charge in [0.05, 0.1) is 0 Å². The van der Waals surface area contributed by atoms with Gasteiger partial charge in [-0.3, -0.25) is 0 Å². The van der Waals surface area contributed by atoms with Gasteiger partial charge in [0, 0.05) is 0 Å². The van der Waals surface area contributed by atoms with E-state index >= 15 is 0 Å². The molecule has 0 fully saturated rings. The van der Waals surface area contributed by atoms with Gasteiger partial charge in [-0.2, -0.15) is 0 Å². The molecule has 0 rings (SSSR count). The first-order valence-electron chi connectivity index (χ1n) is 1.57. The zero-order valence-corrected chi connectivity index (χ0v) is 9.76. The Morgan fingerprint density at radius 1 is 1.00 bits per heavy atom. The van der Waals surface area contributed by atoms with E-state index < -0.39 is 16.4 Å². The molecule has 0 aromatic heterocycles. The normalized spacial score (nSPS) is 7.91. The first kappa shape index (κ1) is 23.2. The summed E-state index contributed by atoms with van der Waals surface area (Å²) in [6.07, 6.45) is 0. The summed E-state index contributed by atoms with van der Waals surface area (Å²) in [5, 5.41) is 22.8. The Hall–Kier alpha value is 2.09. The van der Waals surface area contributed by atoms with Crippen LogP contribution in [0, 0.1) is 39.9 Å². The molecule has 0 spiro atoms.